The van der Waals surface area contributed by atoms with Gasteiger partial charge < -0.3 is 30.3 Å². The number of phenols is 2. The number of aliphatic carboxylic acids is 1. The second-order valence-corrected chi connectivity index (χ2v) is 5.70. The summed E-state index contributed by atoms with van der Waals surface area (Å²) in [5.41, 5.74) is -1.61. The molecule has 1 saturated carbocycles. The zero-order valence-electron chi connectivity index (χ0n) is 12.6. The van der Waals surface area contributed by atoms with Gasteiger partial charge in [0.15, 0.2) is 17.1 Å². The van der Waals surface area contributed by atoms with Crippen LogP contribution in [0.4, 0.5) is 0 Å². The first kappa shape index (κ1) is 17.8. The molecular formula is C16H18O8. The maximum absolute atomic E-state index is 11.8. The fourth-order valence-corrected chi connectivity index (χ4v) is 2.45. The van der Waals surface area contributed by atoms with E-state index in [1.54, 1.807) is 0 Å². The maximum Gasteiger partial charge on any atom is 0.335 e. The van der Waals surface area contributed by atoms with Gasteiger partial charge in [-0.25, -0.2) is 9.59 Å². The Morgan fingerprint density at radius 2 is 1.96 bits per heavy atom. The van der Waals surface area contributed by atoms with E-state index in [9.17, 15) is 30.0 Å². The number of carboxylic acid groups (broad SMARTS) is 1. The molecule has 0 amide bonds. The van der Waals surface area contributed by atoms with Crippen LogP contribution in [-0.4, -0.2) is 55.3 Å². The molecule has 0 unspecified atom stereocenters. The molecule has 8 nitrogen and oxygen atoms in total. The van der Waals surface area contributed by atoms with Crippen molar-refractivity contribution in [3.63, 3.8) is 0 Å². The van der Waals surface area contributed by atoms with Gasteiger partial charge in [-0.15, -0.1) is 0 Å². The van der Waals surface area contributed by atoms with Crippen LogP contribution in [0.2, 0.25) is 0 Å². The van der Waals surface area contributed by atoms with Crippen LogP contribution in [0.1, 0.15) is 24.8 Å². The number of hydrogen-bond acceptors (Lipinski definition) is 7. The molecule has 0 bridgehead atoms. The van der Waals surface area contributed by atoms with Crippen LogP contribution in [-0.2, 0) is 14.3 Å². The Morgan fingerprint density at radius 1 is 1.25 bits per heavy atom. The number of rotatable bonds is 4. The average Bonchev–Trinajstić information content (AvgIpc) is 2.52. The Morgan fingerprint density at radius 3 is 2.58 bits per heavy atom. The van der Waals surface area contributed by atoms with E-state index < -0.39 is 36.2 Å². The number of carbonyl (C=O) groups is 2. The van der Waals surface area contributed by atoms with Crippen LogP contribution >= 0.6 is 0 Å². The molecule has 24 heavy (non-hydrogen) atoms. The zero-order chi connectivity index (χ0) is 17.9. The minimum absolute atomic E-state index is 0.00368. The highest BCUT2D eigenvalue weighted by Gasteiger charge is 2.46. The van der Waals surface area contributed by atoms with Crippen molar-refractivity contribution in [3.8, 4) is 11.5 Å². The number of ether oxygens (including phenoxy) is 1. The van der Waals surface area contributed by atoms with Gasteiger partial charge >= 0.3 is 11.9 Å². The predicted molar refractivity (Wildman–Crippen MR) is 81.1 cm³/mol. The minimum Gasteiger partial charge on any atom is -0.504 e. The minimum atomic E-state index is -2.03. The number of aliphatic hydroxyl groups is 2. The number of benzene rings is 1. The largest absolute Gasteiger partial charge is 0.504 e. The lowest BCUT2D eigenvalue weighted by molar-refractivity contribution is -0.180. The lowest BCUT2D eigenvalue weighted by Crippen LogP contribution is -2.50. The van der Waals surface area contributed by atoms with Crippen LogP contribution in [0.5, 0.6) is 11.5 Å². The molecule has 5 N–H and O–H groups in total. The van der Waals surface area contributed by atoms with Crippen molar-refractivity contribution in [1.29, 1.82) is 0 Å². The Hall–Kier alpha value is -2.58. The smallest absolute Gasteiger partial charge is 0.335 e. The van der Waals surface area contributed by atoms with Crippen LogP contribution < -0.4 is 0 Å². The number of aromatic hydroxyl groups is 2. The number of esters is 1. The quantitative estimate of drug-likeness (QED) is 0.301. The topological polar surface area (TPSA) is 145 Å². The second kappa shape index (κ2) is 6.90. The maximum atomic E-state index is 11.8. The molecule has 0 heterocycles. The molecule has 1 aliphatic carbocycles. The summed E-state index contributed by atoms with van der Waals surface area (Å²) in [6.07, 6.45) is -0.364. The molecule has 3 atom stereocenters. The first-order valence-corrected chi connectivity index (χ1v) is 7.26. The standard InChI is InChI=1S/C16H18O8/c17-10-3-1-9(7-12(10)19)2-4-14(20)24-13-8-16(23,15(21)22)6-5-11(13)18/h1-4,7,11,13,17-19,23H,5-6,8H2,(H,21,22)/b4-2+/t11-,13-,16+/m0/s1. The fraction of sp³-hybridized carbons (Fsp3) is 0.375. The van der Waals surface area contributed by atoms with E-state index >= 15 is 0 Å². The molecule has 1 aromatic carbocycles. The van der Waals surface area contributed by atoms with Gasteiger partial charge in [-0.1, -0.05) is 6.07 Å². The number of aliphatic hydroxyl groups excluding tert-OH is 1. The molecule has 1 fully saturated rings. The van der Waals surface area contributed by atoms with Gasteiger partial charge in [-0.05, 0) is 36.6 Å². The van der Waals surface area contributed by atoms with Gasteiger partial charge in [0.2, 0.25) is 0 Å². The molecule has 0 saturated heterocycles. The Labute approximate surface area is 137 Å². The third kappa shape index (κ3) is 4.03. The highest BCUT2D eigenvalue weighted by molar-refractivity contribution is 5.87. The molecule has 2 rings (SSSR count). The first-order valence-electron chi connectivity index (χ1n) is 7.26. The molecular weight excluding hydrogens is 320 g/mol. The summed E-state index contributed by atoms with van der Waals surface area (Å²) in [7, 11) is 0. The van der Waals surface area contributed by atoms with E-state index in [-0.39, 0.29) is 24.3 Å². The van der Waals surface area contributed by atoms with E-state index in [0.29, 0.717) is 5.56 Å². The normalized spacial score (nSPS) is 27.1. The van der Waals surface area contributed by atoms with Crippen LogP contribution in [0.3, 0.4) is 0 Å². The number of phenolic OH excluding ortho intramolecular Hbond substituents is 2. The van der Waals surface area contributed by atoms with Crippen molar-refractivity contribution in [2.24, 2.45) is 0 Å². The molecule has 1 aliphatic rings. The molecule has 1 aromatic rings. The lowest BCUT2D eigenvalue weighted by Gasteiger charge is -2.35. The highest BCUT2D eigenvalue weighted by atomic mass is 16.6. The number of carbonyl (C=O) groups excluding carboxylic acids is 1. The first-order chi connectivity index (χ1) is 11.2. The highest BCUT2D eigenvalue weighted by Crippen LogP contribution is 2.31. The van der Waals surface area contributed by atoms with Gasteiger partial charge in [0.1, 0.15) is 6.10 Å². The summed E-state index contributed by atoms with van der Waals surface area (Å²) in [5.74, 6) is -2.90. The van der Waals surface area contributed by atoms with Crippen molar-refractivity contribution in [2.45, 2.75) is 37.1 Å². The summed E-state index contributed by atoms with van der Waals surface area (Å²) >= 11 is 0. The average molecular weight is 338 g/mol. The molecule has 0 aliphatic heterocycles. The molecule has 0 aromatic heterocycles. The Balaban J connectivity index is 2.01. The van der Waals surface area contributed by atoms with Crippen molar-refractivity contribution >= 4 is 18.0 Å². The molecule has 8 heteroatoms. The van der Waals surface area contributed by atoms with E-state index in [4.69, 9.17) is 9.84 Å². The van der Waals surface area contributed by atoms with E-state index in [0.717, 1.165) is 6.08 Å². The Bertz CT molecular complexity index is 668. The fourth-order valence-electron chi connectivity index (χ4n) is 2.45. The van der Waals surface area contributed by atoms with Crippen molar-refractivity contribution in [1.82, 2.24) is 0 Å². The molecule has 0 radical (unpaired) electrons. The summed E-state index contributed by atoms with van der Waals surface area (Å²) in [5, 5.41) is 47.3. The van der Waals surface area contributed by atoms with E-state index in [2.05, 4.69) is 0 Å². The van der Waals surface area contributed by atoms with Gasteiger partial charge in [0, 0.05) is 12.5 Å². The SMILES string of the molecule is O=C(/C=C/c1ccc(O)c(O)c1)O[C@H]1C[C@@](O)(C(=O)O)CC[C@@H]1O. The van der Waals surface area contributed by atoms with Crippen LogP contribution in [0.25, 0.3) is 6.08 Å². The van der Waals surface area contributed by atoms with E-state index in [1.165, 1.54) is 24.3 Å². The second-order valence-electron chi connectivity index (χ2n) is 5.70. The monoisotopic (exact) mass is 338 g/mol. The van der Waals surface area contributed by atoms with Crippen LogP contribution in [0, 0.1) is 0 Å². The zero-order valence-corrected chi connectivity index (χ0v) is 12.6. The molecule has 130 valence electrons. The van der Waals surface area contributed by atoms with Crippen molar-refractivity contribution in [3.05, 3.63) is 29.8 Å². The summed E-state index contributed by atoms with van der Waals surface area (Å²) < 4.78 is 5.01. The van der Waals surface area contributed by atoms with Crippen molar-refractivity contribution < 1.29 is 39.9 Å². The van der Waals surface area contributed by atoms with Gasteiger partial charge in [-0.3, -0.25) is 0 Å². The molecule has 0 spiro atoms. The summed E-state index contributed by atoms with van der Waals surface area (Å²) in [6.45, 7) is 0. The summed E-state index contributed by atoms with van der Waals surface area (Å²) in [6, 6.07) is 3.94. The Kier molecular flexibility index (Phi) is 5.10. The van der Waals surface area contributed by atoms with Crippen molar-refractivity contribution in [2.75, 3.05) is 0 Å². The van der Waals surface area contributed by atoms with Crippen LogP contribution in [0.15, 0.2) is 24.3 Å². The van der Waals surface area contributed by atoms with Gasteiger partial charge in [0.25, 0.3) is 0 Å². The summed E-state index contributed by atoms with van der Waals surface area (Å²) in [4.78, 5) is 22.9. The number of hydrogen-bond donors (Lipinski definition) is 5. The lowest BCUT2D eigenvalue weighted by atomic mass is 9.81. The van der Waals surface area contributed by atoms with E-state index in [1.807, 2.05) is 0 Å². The third-order valence-corrected chi connectivity index (χ3v) is 3.90. The predicted octanol–water partition coefficient (Wildman–Crippen LogP) is 0.383. The third-order valence-electron chi connectivity index (χ3n) is 3.90. The van der Waals surface area contributed by atoms with Gasteiger partial charge in [0.05, 0.1) is 6.10 Å². The van der Waals surface area contributed by atoms with Gasteiger partial charge in [-0.2, -0.15) is 0 Å². The number of carboxylic acids is 1.